The van der Waals surface area contributed by atoms with Crippen molar-refractivity contribution in [3.8, 4) is 0 Å². The van der Waals surface area contributed by atoms with E-state index in [2.05, 4.69) is 10.5 Å². The van der Waals surface area contributed by atoms with Crippen LogP contribution in [0.3, 0.4) is 0 Å². The van der Waals surface area contributed by atoms with Crippen LogP contribution in [0.15, 0.2) is 10.8 Å². The molecule has 1 aromatic rings. The zero-order valence-corrected chi connectivity index (χ0v) is 12.0. The van der Waals surface area contributed by atoms with E-state index in [0.29, 0.717) is 19.4 Å². The van der Waals surface area contributed by atoms with Crippen LogP contribution in [0.5, 0.6) is 0 Å². The van der Waals surface area contributed by atoms with Gasteiger partial charge >= 0.3 is 0 Å². The second kappa shape index (κ2) is 6.54. The van der Waals surface area contributed by atoms with Crippen molar-refractivity contribution in [1.82, 2.24) is 15.4 Å². The van der Waals surface area contributed by atoms with E-state index in [1.807, 2.05) is 6.92 Å². The third-order valence-electron chi connectivity index (χ3n) is 3.63. The monoisotopic (exact) mass is 279 g/mol. The smallest absolute Gasteiger partial charge is 0.245 e. The number of likely N-dealkylation sites (N-methyl/N-ethyl adjacent to an activating group) is 1. The summed E-state index contributed by atoms with van der Waals surface area (Å²) in [4.78, 5) is 25.5. The van der Waals surface area contributed by atoms with Gasteiger partial charge in [-0.15, -0.1) is 0 Å². The minimum Gasteiger partial charge on any atom is -0.364 e. The molecule has 2 amide bonds. The first kappa shape index (κ1) is 14.6. The number of nitrogens with one attached hydrogen (secondary N) is 1. The Morgan fingerprint density at radius 2 is 2.35 bits per heavy atom. The van der Waals surface area contributed by atoms with Crippen molar-refractivity contribution in [2.24, 2.45) is 0 Å². The van der Waals surface area contributed by atoms with E-state index in [1.54, 1.807) is 18.2 Å². The second-order valence-corrected chi connectivity index (χ2v) is 5.20. The summed E-state index contributed by atoms with van der Waals surface area (Å²) >= 11 is 0. The molecule has 2 heterocycles. The fourth-order valence-corrected chi connectivity index (χ4v) is 2.46. The summed E-state index contributed by atoms with van der Waals surface area (Å²) < 4.78 is 4.94. The van der Waals surface area contributed by atoms with Crippen LogP contribution < -0.4 is 5.32 Å². The zero-order chi connectivity index (χ0) is 14.5. The maximum Gasteiger partial charge on any atom is 0.245 e. The van der Waals surface area contributed by atoms with Gasteiger partial charge in [0.25, 0.3) is 0 Å². The largest absolute Gasteiger partial charge is 0.364 e. The SMILES string of the molecule is CCc1nocc1CN(C)C(=O)[C@@H]1CCCCC(=O)N1. The predicted molar refractivity (Wildman–Crippen MR) is 72.8 cm³/mol. The van der Waals surface area contributed by atoms with Crippen LogP contribution in [0.4, 0.5) is 0 Å². The fourth-order valence-electron chi connectivity index (χ4n) is 2.46. The minimum absolute atomic E-state index is 0.0338. The van der Waals surface area contributed by atoms with Crippen LogP contribution in [0.1, 0.15) is 43.9 Å². The number of carbonyl (C=O) groups excluding carboxylic acids is 2. The number of hydrogen-bond acceptors (Lipinski definition) is 4. The quantitative estimate of drug-likeness (QED) is 0.900. The van der Waals surface area contributed by atoms with Crippen LogP contribution in [0, 0.1) is 0 Å². The normalized spacial score (nSPS) is 19.3. The van der Waals surface area contributed by atoms with Crippen molar-refractivity contribution in [3.63, 3.8) is 0 Å². The van der Waals surface area contributed by atoms with E-state index in [9.17, 15) is 9.59 Å². The molecule has 0 bridgehead atoms. The molecule has 2 rings (SSSR count). The first-order chi connectivity index (χ1) is 9.61. The predicted octanol–water partition coefficient (Wildman–Crippen LogP) is 1.25. The molecule has 1 N–H and O–H groups in total. The topological polar surface area (TPSA) is 75.4 Å². The van der Waals surface area contributed by atoms with Gasteiger partial charge in [-0.05, 0) is 19.3 Å². The molecule has 0 radical (unpaired) electrons. The Morgan fingerprint density at radius 3 is 3.10 bits per heavy atom. The van der Waals surface area contributed by atoms with E-state index in [0.717, 1.165) is 30.5 Å². The average molecular weight is 279 g/mol. The Kier molecular flexibility index (Phi) is 4.76. The van der Waals surface area contributed by atoms with Crippen molar-refractivity contribution in [3.05, 3.63) is 17.5 Å². The molecule has 0 spiro atoms. The molecule has 0 aliphatic carbocycles. The summed E-state index contributed by atoms with van der Waals surface area (Å²) in [6.07, 6.45) is 5.32. The summed E-state index contributed by atoms with van der Waals surface area (Å²) in [6, 6.07) is -0.403. The van der Waals surface area contributed by atoms with Crippen LogP contribution in [-0.4, -0.2) is 35.0 Å². The summed E-state index contributed by atoms with van der Waals surface area (Å²) in [5, 5.41) is 6.70. The molecular weight excluding hydrogens is 258 g/mol. The van der Waals surface area contributed by atoms with Gasteiger partial charge in [0.05, 0.1) is 12.2 Å². The molecule has 110 valence electrons. The maximum atomic E-state index is 12.4. The number of amides is 2. The Balaban J connectivity index is 1.99. The van der Waals surface area contributed by atoms with Gasteiger partial charge in [0.2, 0.25) is 11.8 Å². The molecule has 0 aromatic carbocycles. The number of nitrogens with zero attached hydrogens (tertiary/aromatic N) is 2. The number of aromatic nitrogens is 1. The molecule has 0 unspecified atom stereocenters. The van der Waals surface area contributed by atoms with Crippen molar-refractivity contribution in [2.75, 3.05) is 7.05 Å². The maximum absolute atomic E-state index is 12.4. The Hall–Kier alpha value is -1.85. The van der Waals surface area contributed by atoms with Crippen LogP contribution in [-0.2, 0) is 22.6 Å². The first-order valence-corrected chi connectivity index (χ1v) is 7.08. The van der Waals surface area contributed by atoms with Crippen LogP contribution >= 0.6 is 0 Å². The Bertz CT molecular complexity index is 484. The summed E-state index contributed by atoms with van der Waals surface area (Å²) in [6.45, 7) is 2.45. The van der Waals surface area contributed by atoms with Gasteiger partial charge in [0.15, 0.2) is 0 Å². The Labute approximate surface area is 118 Å². The highest BCUT2D eigenvalue weighted by atomic mass is 16.5. The molecule has 20 heavy (non-hydrogen) atoms. The second-order valence-electron chi connectivity index (χ2n) is 5.20. The number of rotatable bonds is 4. The summed E-state index contributed by atoms with van der Waals surface area (Å²) in [7, 11) is 1.74. The highest BCUT2D eigenvalue weighted by molar-refractivity contribution is 5.87. The third-order valence-corrected chi connectivity index (χ3v) is 3.63. The zero-order valence-electron chi connectivity index (χ0n) is 12.0. The lowest BCUT2D eigenvalue weighted by Gasteiger charge is -2.23. The highest BCUT2D eigenvalue weighted by Gasteiger charge is 2.26. The highest BCUT2D eigenvalue weighted by Crippen LogP contribution is 2.14. The lowest BCUT2D eigenvalue weighted by molar-refractivity contribution is -0.135. The third kappa shape index (κ3) is 3.37. The number of carbonyl (C=O) groups is 2. The molecule has 1 fully saturated rings. The molecular formula is C14H21N3O3. The molecule has 1 aromatic heterocycles. The lowest BCUT2D eigenvalue weighted by atomic mass is 10.1. The van der Waals surface area contributed by atoms with Crippen LogP contribution in [0.25, 0.3) is 0 Å². The standard InChI is InChI=1S/C14H21N3O3/c1-3-11-10(9-20-16-11)8-17(2)14(19)12-6-4-5-7-13(18)15-12/h9,12H,3-8H2,1-2H3,(H,15,18)/t12-/m0/s1. The van der Waals surface area contributed by atoms with Gasteiger partial charge in [0.1, 0.15) is 12.3 Å². The van der Waals surface area contributed by atoms with E-state index < -0.39 is 6.04 Å². The molecule has 6 nitrogen and oxygen atoms in total. The van der Waals surface area contributed by atoms with Gasteiger partial charge in [-0.25, -0.2) is 0 Å². The molecule has 1 saturated heterocycles. The van der Waals surface area contributed by atoms with Crippen molar-refractivity contribution in [1.29, 1.82) is 0 Å². The van der Waals surface area contributed by atoms with E-state index in [1.165, 1.54) is 0 Å². The lowest BCUT2D eigenvalue weighted by Crippen LogP contribution is -2.46. The van der Waals surface area contributed by atoms with E-state index in [-0.39, 0.29) is 11.8 Å². The molecule has 1 atom stereocenters. The Morgan fingerprint density at radius 1 is 1.55 bits per heavy atom. The van der Waals surface area contributed by atoms with Gasteiger partial charge in [-0.2, -0.15) is 0 Å². The van der Waals surface area contributed by atoms with Crippen molar-refractivity contribution >= 4 is 11.8 Å². The van der Waals surface area contributed by atoms with E-state index in [4.69, 9.17) is 4.52 Å². The number of hydrogen-bond donors (Lipinski definition) is 1. The van der Waals surface area contributed by atoms with Gasteiger partial charge < -0.3 is 14.7 Å². The van der Waals surface area contributed by atoms with Gasteiger partial charge in [0, 0.05) is 19.0 Å². The minimum atomic E-state index is -0.403. The average Bonchev–Trinajstić information content (AvgIpc) is 2.77. The summed E-state index contributed by atoms with van der Waals surface area (Å²) in [5.74, 6) is -0.0861. The molecule has 1 aliphatic heterocycles. The fraction of sp³-hybridized carbons (Fsp3) is 0.643. The van der Waals surface area contributed by atoms with Crippen molar-refractivity contribution < 1.29 is 14.1 Å². The molecule has 0 saturated carbocycles. The van der Waals surface area contributed by atoms with Crippen molar-refractivity contribution in [2.45, 2.75) is 51.6 Å². The van der Waals surface area contributed by atoms with Crippen LogP contribution in [0.2, 0.25) is 0 Å². The van der Waals surface area contributed by atoms with Gasteiger partial charge in [-0.1, -0.05) is 18.5 Å². The molecule has 6 heteroatoms. The van der Waals surface area contributed by atoms with E-state index >= 15 is 0 Å². The van der Waals surface area contributed by atoms with Gasteiger partial charge in [-0.3, -0.25) is 9.59 Å². The number of aryl methyl sites for hydroxylation is 1. The summed E-state index contributed by atoms with van der Waals surface area (Å²) in [5.41, 5.74) is 1.79. The molecule has 1 aliphatic rings. The first-order valence-electron chi connectivity index (χ1n) is 7.08.